The molecule has 1 aromatic heterocycles. The lowest BCUT2D eigenvalue weighted by molar-refractivity contribution is -0.143. The fraction of sp³-hybridized carbons (Fsp3) is 0.435. The molecule has 7 N–H and O–H groups in total. The number of carbonyl (C=O) groups is 5. The maximum Gasteiger partial charge on any atom is 0.326 e. The highest BCUT2D eigenvalue weighted by atomic mass is 32.1. The van der Waals surface area contributed by atoms with Gasteiger partial charge in [-0.1, -0.05) is 18.2 Å². The van der Waals surface area contributed by atoms with E-state index in [9.17, 15) is 34.2 Å². The third kappa shape index (κ3) is 6.98. The van der Waals surface area contributed by atoms with Crippen molar-refractivity contribution in [2.75, 3.05) is 12.3 Å². The van der Waals surface area contributed by atoms with Gasteiger partial charge in [0.25, 0.3) is 0 Å². The molecule has 1 fully saturated rings. The first-order valence-corrected chi connectivity index (χ1v) is 12.1. The number of H-pyrrole nitrogens is 1. The van der Waals surface area contributed by atoms with Gasteiger partial charge in [0.15, 0.2) is 0 Å². The van der Waals surface area contributed by atoms with E-state index in [1.165, 1.54) is 0 Å². The maximum atomic E-state index is 12.8. The summed E-state index contributed by atoms with van der Waals surface area (Å²) in [6, 6.07) is 2.82. The van der Waals surface area contributed by atoms with Crippen LogP contribution in [0.25, 0.3) is 10.9 Å². The number of aromatic nitrogens is 1. The predicted octanol–water partition coefficient (Wildman–Crippen LogP) is -0.594. The SMILES string of the molecule is O=C(O)CC(NC(=O)C1CCCN1)C(=O)NC(CS)C(=O)NC(Cc1c[nH]c2ccccc12)C(=O)O. The summed E-state index contributed by atoms with van der Waals surface area (Å²) in [5.74, 6) is -4.96. The molecule has 1 saturated heterocycles. The molecule has 36 heavy (non-hydrogen) atoms. The van der Waals surface area contributed by atoms with Crippen LogP contribution in [0.5, 0.6) is 0 Å². The summed E-state index contributed by atoms with van der Waals surface area (Å²) >= 11 is 4.08. The normalized spacial score (nSPS) is 17.6. The van der Waals surface area contributed by atoms with Gasteiger partial charge in [0, 0.05) is 29.3 Å². The number of benzene rings is 1. The molecule has 3 amide bonds. The minimum absolute atomic E-state index is 0.00951. The van der Waals surface area contributed by atoms with E-state index < -0.39 is 60.2 Å². The van der Waals surface area contributed by atoms with Gasteiger partial charge in [-0.3, -0.25) is 19.2 Å². The quantitative estimate of drug-likeness (QED) is 0.171. The topological polar surface area (TPSA) is 190 Å². The van der Waals surface area contributed by atoms with Crippen molar-refractivity contribution >= 4 is 53.2 Å². The Morgan fingerprint density at radius 3 is 2.33 bits per heavy atom. The van der Waals surface area contributed by atoms with E-state index in [-0.39, 0.29) is 12.2 Å². The highest BCUT2D eigenvalue weighted by Gasteiger charge is 2.32. The van der Waals surface area contributed by atoms with Crippen LogP contribution in [0.2, 0.25) is 0 Å². The van der Waals surface area contributed by atoms with Crippen LogP contribution in [0.15, 0.2) is 30.5 Å². The highest BCUT2D eigenvalue weighted by molar-refractivity contribution is 7.80. The van der Waals surface area contributed by atoms with E-state index in [1.807, 2.05) is 24.3 Å². The minimum Gasteiger partial charge on any atom is -0.481 e. The molecule has 12 nitrogen and oxygen atoms in total. The summed E-state index contributed by atoms with van der Waals surface area (Å²) in [5.41, 5.74) is 1.51. The lowest BCUT2D eigenvalue weighted by Crippen LogP contribution is -2.58. The monoisotopic (exact) mass is 519 g/mol. The van der Waals surface area contributed by atoms with Crippen molar-refractivity contribution in [1.29, 1.82) is 0 Å². The Morgan fingerprint density at radius 2 is 1.69 bits per heavy atom. The van der Waals surface area contributed by atoms with Crippen molar-refractivity contribution in [3.63, 3.8) is 0 Å². The molecule has 0 saturated carbocycles. The van der Waals surface area contributed by atoms with Crippen molar-refractivity contribution in [1.82, 2.24) is 26.3 Å². The van der Waals surface area contributed by atoms with E-state index in [2.05, 4.69) is 38.9 Å². The third-order valence-electron chi connectivity index (χ3n) is 5.92. The molecule has 4 unspecified atom stereocenters. The summed E-state index contributed by atoms with van der Waals surface area (Å²) in [5, 5.41) is 29.8. The number of carbonyl (C=O) groups excluding carboxylic acids is 3. The zero-order chi connectivity index (χ0) is 26.2. The number of thiol groups is 1. The lowest BCUT2D eigenvalue weighted by atomic mass is 10.0. The Bertz CT molecular complexity index is 1130. The molecule has 2 aromatic rings. The van der Waals surface area contributed by atoms with E-state index in [0.29, 0.717) is 18.5 Å². The van der Waals surface area contributed by atoms with E-state index in [1.54, 1.807) is 6.20 Å². The second-order valence-electron chi connectivity index (χ2n) is 8.51. The Labute approximate surface area is 212 Å². The van der Waals surface area contributed by atoms with Crippen LogP contribution in [-0.2, 0) is 30.4 Å². The number of hydrogen-bond acceptors (Lipinski definition) is 7. The van der Waals surface area contributed by atoms with Gasteiger partial charge < -0.3 is 36.5 Å². The molecule has 0 bridgehead atoms. The Balaban J connectivity index is 1.65. The number of para-hydroxylation sites is 1. The number of rotatable bonds is 12. The number of fused-ring (bicyclic) bond motifs is 1. The number of aromatic amines is 1. The average molecular weight is 520 g/mol. The molecule has 4 atom stereocenters. The lowest BCUT2D eigenvalue weighted by Gasteiger charge is -2.23. The van der Waals surface area contributed by atoms with Gasteiger partial charge in [-0.15, -0.1) is 0 Å². The molecule has 0 aliphatic carbocycles. The molecule has 13 heteroatoms. The minimum atomic E-state index is -1.42. The van der Waals surface area contributed by atoms with Crippen LogP contribution in [0.3, 0.4) is 0 Å². The van der Waals surface area contributed by atoms with Crippen LogP contribution in [-0.4, -0.2) is 81.3 Å². The predicted molar refractivity (Wildman–Crippen MR) is 133 cm³/mol. The Kier molecular flexibility index (Phi) is 9.31. The number of aliphatic carboxylic acids is 2. The van der Waals surface area contributed by atoms with Crippen LogP contribution in [0, 0.1) is 0 Å². The third-order valence-corrected chi connectivity index (χ3v) is 6.28. The fourth-order valence-electron chi connectivity index (χ4n) is 4.02. The zero-order valence-electron chi connectivity index (χ0n) is 19.3. The molecule has 1 aliphatic heterocycles. The smallest absolute Gasteiger partial charge is 0.326 e. The standard InChI is InChI=1S/C23H29N5O7S/c29-19(30)9-16(26-20(31)15-6-3-7-24-15)21(32)28-18(11-36)22(33)27-17(23(34)35)8-12-10-25-14-5-2-1-4-13(12)14/h1-2,4-5,10,15-18,24-25,36H,3,6-9,11H2,(H,26,31)(H,27,33)(H,28,32)(H,29,30)(H,34,35). The van der Waals surface area contributed by atoms with Crippen molar-refractivity contribution in [2.45, 2.75) is 49.9 Å². The molecule has 194 valence electrons. The molecule has 1 aliphatic rings. The number of carboxylic acid groups (broad SMARTS) is 2. The van der Waals surface area contributed by atoms with Gasteiger partial charge in [0.05, 0.1) is 12.5 Å². The molecule has 2 heterocycles. The zero-order valence-corrected chi connectivity index (χ0v) is 20.2. The van der Waals surface area contributed by atoms with Crippen LogP contribution in [0.1, 0.15) is 24.8 Å². The van der Waals surface area contributed by atoms with Gasteiger partial charge in [0.1, 0.15) is 18.1 Å². The van der Waals surface area contributed by atoms with E-state index in [4.69, 9.17) is 0 Å². The second-order valence-corrected chi connectivity index (χ2v) is 8.88. The molecule has 0 spiro atoms. The number of nitrogens with one attached hydrogen (secondary N) is 5. The number of carboxylic acids is 2. The molecule has 1 aromatic carbocycles. The van der Waals surface area contributed by atoms with Crippen LogP contribution >= 0.6 is 12.6 Å². The van der Waals surface area contributed by atoms with Gasteiger partial charge >= 0.3 is 11.9 Å². The van der Waals surface area contributed by atoms with Crippen molar-refractivity contribution in [3.8, 4) is 0 Å². The van der Waals surface area contributed by atoms with E-state index in [0.717, 1.165) is 17.3 Å². The molecular weight excluding hydrogens is 490 g/mol. The number of amides is 3. The van der Waals surface area contributed by atoms with Gasteiger partial charge in [-0.05, 0) is 31.0 Å². The summed E-state index contributed by atoms with van der Waals surface area (Å²) < 4.78 is 0. The molecule has 3 rings (SSSR count). The Hall–Kier alpha value is -3.58. The van der Waals surface area contributed by atoms with E-state index >= 15 is 0 Å². The summed E-state index contributed by atoms with van der Waals surface area (Å²) in [6.07, 6.45) is 2.30. The van der Waals surface area contributed by atoms with Crippen LogP contribution in [0.4, 0.5) is 0 Å². The first-order chi connectivity index (χ1) is 17.2. The van der Waals surface area contributed by atoms with Crippen LogP contribution < -0.4 is 21.3 Å². The summed E-state index contributed by atoms with van der Waals surface area (Å²) in [7, 11) is 0. The average Bonchev–Trinajstić information content (AvgIpc) is 3.52. The van der Waals surface area contributed by atoms with Gasteiger partial charge in [-0.2, -0.15) is 12.6 Å². The first kappa shape index (κ1) is 27.0. The second kappa shape index (κ2) is 12.4. The highest BCUT2D eigenvalue weighted by Crippen LogP contribution is 2.19. The summed E-state index contributed by atoms with van der Waals surface area (Å²) in [6.45, 7) is 0.638. The molecule has 0 radical (unpaired) electrons. The van der Waals surface area contributed by atoms with Gasteiger partial charge in [-0.25, -0.2) is 4.79 Å². The summed E-state index contributed by atoms with van der Waals surface area (Å²) in [4.78, 5) is 64.2. The Morgan fingerprint density at radius 1 is 1.00 bits per heavy atom. The largest absolute Gasteiger partial charge is 0.481 e. The van der Waals surface area contributed by atoms with Crippen molar-refractivity contribution in [3.05, 3.63) is 36.0 Å². The fourth-order valence-corrected chi connectivity index (χ4v) is 4.28. The van der Waals surface area contributed by atoms with Crippen molar-refractivity contribution < 1.29 is 34.2 Å². The van der Waals surface area contributed by atoms with Gasteiger partial charge in [0.2, 0.25) is 17.7 Å². The molecular formula is C23H29N5O7S. The number of hydrogen-bond donors (Lipinski definition) is 8. The van der Waals surface area contributed by atoms with Crippen molar-refractivity contribution in [2.24, 2.45) is 0 Å². The first-order valence-electron chi connectivity index (χ1n) is 11.4. The maximum absolute atomic E-state index is 12.8.